The highest BCUT2D eigenvalue weighted by Crippen LogP contribution is 2.26. The fourth-order valence-corrected chi connectivity index (χ4v) is 1.88. The first-order chi connectivity index (χ1) is 7.99. The summed E-state index contributed by atoms with van der Waals surface area (Å²) in [5.74, 6) is -1.62. The van der Waals surface area contributed by atoms with E-state index in [0.29, 0.717) is 10.0 Å². The molecule has 6 heteroatoms. The van der Waals surface area contributed by atoms with Crippen LogP contribution in [0, 0.1) is 5.92 Å². The molecule has 0 unspecified atom stereocenters. The number of amides is 1. The van der Waals surface area contributed by atoms with E-state index in [1.807, 2.05) is 0 Å². The minimum atomic E-state index is -0.882. The lowest BCUT2D eigenvalue weighted by atomic mass is 9.99. The molecule has 90 valence electrons. The van der Waals surface area contributed by atoms with Crippen LogP contribution in [0.3, 0.4) is 0 Å². The predicted octanol–water partition coefficient (Wildman–Crippen LogP) is 1.31. The molecular formula is C11H10BrNO4. The Kier molecular flexibility index (Phi) is 3.06. The first kappa shape index (κ1) is 11.9. The van der Waals surface area contributed by atoms with Crippen molar-refractivity contribution in [3.8, 4) is 5.75 Å². The van der Waals surface area contributed by atoms with E-state index in [1.54, 1.807) is 12.1 Å². The van der Waals surface area contributed by atoms with Gasteiger partial charge in [-0.1, -0.05) is 0 Å². The number of phenols is 1. The van der Waals surface area contributed by atoms with Gasteiger partial charge in [0.25, 0.3) is 5.91 Å². The number of carboxylic acids is 1. The zero-order valence-electron chi connectivity index (χ0n) is 8.76. The van der Waals surface area contributed by atoms with E-state index in [0.717, 1.165) is 0 Å². The minimum Gasteiger partial charge on any atom is -0.507 e. The molecule has 1 aromatic rings. The number of aromatic hydroxyl groups is 1. The summed E-state index contributed by atoms with van der Waals surface area (Å²) < 4.78 is 0.515. The van der Waals surface area contributed by atoms with Crippen LogP contribution in [0.2, 0.25) is 0 Å². The van der Waals surface area contributed by atoms with Crippen molar-refractivity contribution in [3.05, 3.63) is 28.2 Å². The second-order valence-electron chi connectivity index (χ2n) is 3.91. The zero-order chi connectivity index (χ0) is 12.6. The van der Waals surface area contributed by atoms with Gasteiger partial charge in [0.1, 0.15) is 5.75 Å². The van der Waals surface area contributed by atoms with E-state index in [2.05, 4.69) is 15.9 Å². The quantitative estimate of drug-likeness (QED) is 0.863. The first-order valence-electron chi connectivity index (χ1n) is 4.99. The molecule has 1 aliphatic heterocycles. The second kappa shape index (κ2) is 4.37. The van der Waals surface area contributed by atoms with Gasteiger partial charge in [0, 0.05) is 18.7 Å². The summed E-state index contributed by atoms with van der Waals surface area (Å²) in [5, 5.41) is 18.1. The number of carbonyl (C=O) groups is 2. The molecule has 0 spiro atoms. The third-order valence-corrected chi connectivity index (χ3v) is 3.38. The smallest absolute Gasteiger partial charge is 0.310 e. The average Bonchev–Trinajstić information content (AvgIpc) is 2.19. The van der Waals surface area contributed by atoms with Crippen molar-refractivity contribution in [3.63, 3.8) is 0 Å². The van der Waals surface area contributed by atoms with Gasteiger partial charge in [-0.05, 0) is 34.1 Å². The summed E-state index contributed by atoms with van der Waals surface area (Å²) in [5.41, 5.74) is 0.356. The Bertz CT molecular complexity index is 482. The molecule has 5 nitrogen and oxygen atoms in total. The van der Waals surface area contributed by atoms with Crippen LogP contribution >= 0.6 is 15.9 Å². The minimum absolute atomic E-state index is 0.00819. The van der Waals surface area contributed by atoms with Gasteiger partial charge >= 0.3 is 5.97 Å². The normalized spacial score (nSPS) is 15.5. The Morgan fingerprint density at radius 3 is 2.53 bits per heavy atom. The fraction of sp³-hybridized carbons (Fsp3) is 0.273. The van der Waals surface area contributed by atoms with E-state index >= 15 is 0 Å². The average molecular weight is 300 g/mol. The highest BCUT2D eigenvalue weighted by atomic mass is 79.9. The van der Waals surface area contributed by atoms with Gasteiger partial charge in [-0.3, -0.25) is 9.59 Å². The molecule has 0 radical (unpaired) electrons. The van der Waals surface area contributed by atoms with Crippen LogP contribution in [0.5, 0.6) is 5.75 Å². The summed E-state index contributed by atoms with van der Waals surface area (Å²) in [6.07, 6.45) is 0. The molecule has 17 heavy (non-hydrogen) atoms. The van der Waals surface area contributed by atoms with Crippen LogP contribution in [0.4, 0.5) is 0 Å². The van der Waals surface area contributed by atoms with Gasteiger partial charge in [0.15, 0.2) is 0 Å². The van der Waals surface area contributed by atoms with Crippen LogP contribution in [-0.4, -0.2) is 40.1 Å². The largest absolute Gasteiger partial charge is 0.507 e. The maximum absolute atomic E-state index is 11.9. The molecule has 0 bridgehead atoms. The van der Waals surface area contributed by atoms with Gasteiger partial charge in [-0.15, -0.1) is 0 Å². The Labute approximate surface area is 106 Å². The molecule has 1 saturated heterocycles. The van der Waals surface area contributed by atoms with Gasteiger partial charge in [0.2, 0.25) is 0 Å². The number of benzene rings is 1. The zero-order valence-corrected chi connectivity index (χ0v) is 10.3. The van der Waals surface area contributed by atoms with Crippen molar-refractivity contribution in [2.24, 2.45) is 5.92 Å². The summed E-state index contributed by atoms with van der Waals surface area (Å²) in [6, 6.07) is 4.53. The summed E-state index contributed by atoms with van der Waals surface area (Å²) in [7, 11) is 0. The molecule has 1 fully saturated rings. The highest BCUT2D eigenvalue weighted by Gasteiger charge is 2.35. The lowest BCUT2D eigenvalue weighted by Gasteiger charge is -2.36. The van der Waals surface area contributed by atoms with Crippen LogP contribution in [0.1, 0.15) is 10.4 Å². The topological polar surface area (TPSA) is 77.8 Å². The van der Waals surface area contributed by atoms with E-state index in [-0.39, 0.29) is 24.7 Å². The number of halogens is 1. The van der Waals surface area contributed by atoms with Gasteiger partial charge < -0.3 is 15.1 Å². The number of likely N-dealkylation sites (tertiary alicyclic amines) is 1. The summed E-state index contributed by atoms with van der Waals surface area (Å²) in [4.78, 5) is 23.9. The molecule has 1 aromatic carbocycles. The van der Waals surface area contributed by atoms with E-state index in [9.17, 15) is 14.7 Å². The van der Waals surface area contributed by atoms with Crippen molar-refractivity contribution in [1.29, 1.82) is 0 Å². The third kappa shape index (κ3) is 2.26. The third-order valence-electron chi connectivity index (χ3n) is 2.71. The van der Waals surface area contributed by atoms with Crippen LogP contribution < -0.4 is 0 Å². The maximum atomic E-state index is 11.9. The van der Waals surface area contributed by atoms with Crippen molar-refractivity contribution in [2.75, 3.05) is 13.1 Å². The Morgan fingerprint density at radius 2 is 2.00 bits per heavy atom. The molecule has 0 atom stereocenters. The van der Waals surface area contributed by atoms with Crippen molar-refractivity contribution in [1.82, 2.24) is 4.90 Å². The molecule has 1 amide bonds. The van der Waals surface area contributed by atoms with Crippen molar-refractivity contribution < 1.29 is 19.8 Å². The number of aliphatic carboxylic acids is 1. The fourth-order valence-electron chi connectivity index (χ4n) is 1.63. The monoisotopic (exact) mass is 299 g/mol. The number of hydrogen-bond acceptors (Lipinski definition) is 3. The number of nitrogens with zero attached hydrogens (tertiary/aromatic N) is 1. The van der Waals surface area contributed by atoms with E-state index < -0.39 is 11.9 Å². The summed E-state index contributed by atoms with van der Waals surface area (Å²) >= 11 is 3.12. The maximum Gasteiger partial charge on any atom is 0.310 e. The standard InChI is InChI=1S/C11H10BrNO4/c12-8-2-1-6(3-9(8)14)10(15)13-4-7(5-13)11(16)17/h1-3,7,14H,4-5H2,(H,16,17). The number of hydrogen-bond donors (Lipinski definition) is 2. The Balaban J connectivity index is 2.06. The molecule has 0 aliphatic carbocycles. The van der Waals surface area contributed by atoms with Gasteiger partial charge in [0.05, 0.1) is 10.4 Å². The molecule has 2 N–H and O–H groups in total. The lowest BCUT2D eigenvalue weighted by Crippen LogP contribution is -2.53. The molecular weight excluding hydrogens is 290 g/mol. The van der Waals surface area contributed by atoms with Crippen LogP contribution in [-0.2, 0) is 4.79 Å². The van der Waals surface area contributed by atoms with E-state index in [1.165, 1.54) is 11.0 Å². The Hall–Kier alpha value is -1.56. The SMILES string of the molecule is O=C(O)C1CN(C(=O)c2ccc(Br)c(O)c2)C1. The molecule has 1 aliphatic rings. The number of carbonyl (C=O) groups excluding carboxylic acids is 1. The molecule has 2 rings (SSSR count). The second-order valence-corrected chi connectivity index (χ2v) is 4.77. The van der Waals surface area contributed by atoms with Gasteiger partial charge in [-0.2, -0.15) is 0 Å². The van der Waals surface area contributed by atoms with Crippen LogP contribution in [0.15, 0.2) is 22.7 Å². The van der Waals surface area contributed by atoms with Crippen molar-refractivity contribution in [2.45, 2.75) is 0 Å². The number of rotatable bonds is 2. The predicted molar refractivity (Wildman–Crippen MR) is 62.8 cm³/mol. The molecule has 0 saturated carbocycles. The van der Waals surface area contributed by atoms with Gasteiger partial charge in [-0.25, -0.2) is 0 Å². The van der Waals surface area contributed by atoms with Crippen LogP contribution in [0.25, 0.3) is 0 Å². The summed E-state index contributed by atoms with van der Waals surface area (Å²) in [6.45, 7) is 0.454. The lowest BCUT2D eigenvalue weighted by molar-refractivity contribution is -0.146. The van der Waals surface area contributed by atoms with E-state index in [4.69, 9.17) is 5.11 Å². The molecule has 0 aromatic heterocycles. The highest BCUT2D eigenvalue weighted by molar-refractivity contribution is 9.10. The number of carboxylic acid groups (broad SMARTS) is 1. The van der Waals surface area contributed by atoms with Crippen molar-refractivity contribution >= 4 is 27.8 Å². The molecule has 1 heterocycles. The number of phenolic OH excluding ortho intramolecular Hbond substituents is 1. The Morgan fingerprint density at radius 1 is 1.35 bits per heavy atom. The first-order valence-corrected chi connectivity index (χ1v) is 5.79.